The van der Waals surface area contributed by atoms with Crippen molar-refractivity contribution < 1.29 is 4.52 Å². The van der Waals surface area contributed by atoms with Gasteiger partial charge in [-0.05, 0) is 31.4 Å². The van der Waals surface area contributed by atoms with Crippen molar-refractivity contribution in [1.82, 2.24) is 10.1 Å². The second-order valence-corrected chi connectivity index (χ2v) is 5.33. The predicted molar refractivity (Wildman–Crippen MR) is 74.6 cm³/mol. The third-order valence-electron chi connectivity index (χ3n) is 4.38. The second kappa shape index (κ2) is 4.68. The summed E-state index contributed by atoms with van der Waals surface area (Å²) >= 11 is 0. The van der Waals surface area contributed by atoms with Gasteiger partial charge in [0, 0.05) is 11.6 Å². The average Bonchev–Trinajstić information content (AvgIpc) is 3.07. The molecule has 1 aliphatic carbocycles. The highest BCUT2D eigenvalue weighted by Gasteiger charge is 2.39. The number of anilines is 1. The fourth-order valence-corrected chi connectivity index (χ4v) is 3.23. The van der Waals surface area contributed by atoms with E-state index in [0.717, 1.165) is 36.2 Å². The summed E-state index contributed by atoms with van der Waals surface area (Å²) in [6.45, 7) is 2.22. The molecule has 2 aromatic heterocycles. The first-order valence-corrected chi connectivity index (χ1v) is 6.94. The van der Waals surface area contributed by atoms with Crippen molar-refractivity contribution in [2.45, 2.75) is 44.4 Å². The molecule has 0 saturated heterocycles. The molecule has 1 aliphatic rings. The molecule has 100 valence electrons. The number of aromatic nitrogens is 2. The number of hydrogen-bond donors (Lipinski definition) is 1. The highest BCUT2D eigenvalue weighted by Crippen LogP contribution is 2.47. The summed E-state index contributed by atoms with van der Waals surface area (Å²) < 4.78 is 5.28. The number of hydrogen-bond acceptors (Lipinski definition) is 4. The zero-order valence-electron chi connectivity index (χ0n) is 11.2. The maximum atomic E-state index is 5.99. The molecule has 0 radical (unpaired) electrons. The van der Waals surface area contributed by atoms with E-state index in [4.69, 9.17) is 10.3 Å². The molecule has 0 amide bonds. The van der Waals surface area contributed by atoms with Crippen molar-refractivity contribution in [3.63, 3.8) is 0 Å². The van der Waals surface area contributed by atoms with Gasteiger partial charge in [-0.25, -0.2) is 0 Å². The average molecular weight is 257 g/mol. The minimum absolute atomic E-state index is 0.119. The Morgan fingerprint density at radius 2 is 2.11 bits per heavy atom. The topological polar surface area (TPSA) is 64.9 Å². The van der Waals surface area contributed by atoms with Gasteiger partial charge in [-0.2, -0.15) is 0 Å². The van der Waals surface area contributed by atoms with Gasteiger partial charge in [-0.3, -0.25) is 4.98 Å². The molecule has 1 fully saturated rings. The summed E-state index contributed by atoms with van der Waals surface area (Å²) in [5.41, 5.74) is 8.86. The molecule has 4 heteroatoms. The first-order chi connectivity index (χ1) is 9.27. The van der Waals surface area contributed by atoms with E-state index in [9.17, 15) is 0 Å². The van der Waals surface area contributed by atoms with E-state index in [1.165, 1.54) is 12.8 Å². The maximum absolute atomic E-state index is 5.99. The number of rotatable bonds is 3. The van der Waals surface area contributed by atoms with E-state index in [-0.39, 0.29) is 5.41 Å². The van der Waals surface area contributed by atoms with Crippen LogP contribution >= 0.6 is 0 Å². The van der Waals surface area contributed by atoms with E-state index >= 15 is 0 Å². The Morgan fingerprint density at radius 1 is 1.32 bits per heavy atom. The van der Waals surface area contributed by atoms with Gasteiger partial charge in [0.05, 0.1) is 11.3 Å². The first kappa shape index (κ1) is 12.2. The van der Waals surface area contributed by atoms with Gasteiger partial charge in [0.25, 0.3) is 0 Å². The van der Waals surface area contributed by atoms with Crippen LogP contribution in [0.5, 0.6) is 0 Å². The maximum Gasteiger partial charge on any atom is 0.231 e. The molecule has 0 atom stereocenters. The summed E-state index contributed by atoms with van der Waals surface area (Å²) in [6.07, 6.45) is 7.67. The van der Waals surface area contributed by atoms with Crippen LogP contribution in [0.3, 0.4) is 0 Å². The second-order valence-electron chi connectivity index (χ2n) is 5.33. The molecule has 0 spiro atoms. The van der Waals surface area contributed by atoms with Crippen molar-refractivity contribution >= 4 is 5.88 Å². The molecule has 19 heavy (non-hydrogen) atoms. The monoisotopic (exact) mass is 257 g/mol. The lowest BCUT2D eigenvalue weighted by molar-refractivity contribution is 0.361. The lowest BCUT2D eigenvalue weighted by Crippen LogP contribution is -2.22. The summed E-state index contributed by atoms with van der Waals surface area (Å²) in [5, 5.41) is 4.28. The normalized spacial score (nSPS) is 17.7. The molecule has 2 N–H and O–H groups in total. The van der Waals surface area contributed by atoms with Crippen LogP contribution in [0, 0.1) is 0 Å². The Bertz CT molecular complexity index is 556. The zero-order valence-corrected chi connectivity index (χ0v) is 11.2. The fourth-order valence-electron chi connectivity index (χ4n) is 3.23. The summed E-state index contributed by atoms with van der Waals surface area (Å²) in [5.74, 6) is 0.383. The molecule has 2 heterocycles. The van der Waals surface area contributed by atoms with Crippen molar-refractivity contribution in [2.24, 2.45) is 0 Å². The predicted octanol–water partition coefficient (Wildman–Crippen LogP) is 3.54. The lowest BCUT2D eigenvalue weighted by Gasteiger charge is -2.25. The summed E-state index contributed by atoms with van der Waals surface area (Å²) in [7, 11) is 0. The first-order valence-electron chi connectivity index (χ1n) is 6.94. The molecule has 4 nitrogen and oxygen atoms in total. The van der Waals surface area contributed by atoms with Gasteiger partial charge in [0.1, 0.15) is 5.69 Å². The van der Waals surface area contributed by atoms with E-state index < -0.39 is 0 Å². The Kier molecular flexibility index (Phi) is 3.01. The van der Waals surface area contributed by atoms with E-state index in [1.54, 1.807) is 6.20 Å². The van der Waals surface area contributed by atoms with Crippen LogP contribution in [0.1, 0.15) is 44.7 Å². The van der Waals surface area contributed by atoms with Crippen molar-refractivity contribution in [3.05, 3.63) is 30.1 Å². The van der Waals surface area contributed by atoms with Crippen LogP contribution in [-0.4, -0.2) is 10.1 Å². The minimum atomic E-state index is 0.119. The largest absolute Gasteiger partial charge is 0.367 e. The van der Waals surface area contributed by atoms with Crippen molar-refractivity contribution in [1.29, 1.82) is 0 Å². The Balaban J connectivity index is 2.13. The van der Waals surface area contributed by atoms with E-state index in [0.29, 0.717) is 5.88 Å². The minimum Gasteiger partial charge on any atom is -0.367 e. The zero-order chi connectivity index (χ0) is 13.3. The van der Waals surface area contributed by atoms with Crippen molar-refractivity contribution in [3.8, 4) is 11.3 Å². The smallest absolute Gasteiger partial charge is 0.231 e. The molecule has 0 aromatic carbocycles. The molecule has 1 saturated carbocycles. The van der Waals surface area contributed by atoms with Gasteiger partial charge in [-0.15, -0.1) is 0 Å². The molecule has 0 aliphatic heterocycles. The van der Waals surface area contributed by atoms with Crippen LogP contribution in [0.2, 0.25) is 0 Å². The van der Waals surface area contributed by atoms with Crippen LogP contribution in [0.15, 0.2) is 28.9 Å². The molecule has 0 unspecified atom stereocenters. The van der Waals surface area contributed by atoms with Crippen LogP contribution in [-0.2, 0) is 5.41 Å². The number of nitrogens with two attached hydrogens (primary N) is 1. The van der Waals surface area contributed by atoms with Gasteiger partial charge < -0.3 is 10.3 Å². The molecule has 2 aromatic rings. The summed E-state index contributed by atoms with van der Waals surface area (Å²) in [6, 6.07) is 5.83. The fraction of sp³-hybridized carbons (Fsp3) is 0.467. The Labute approximate surface area is 113 Å². The number of nitrogens with zero attached hydrogens (tertiary/aromatic N) is 2. The molecule has 0 bridgehead atoms. The van der Waals surface area contributed by atoms with Gasteiger partial charge >= 0.3 is 0 Å². The number of pyridine rings is 1. The highest BCUT2D eigenvalue weighted by atomic mass is 16.5. The molecule has 3 rings (SSSR count). The number of nitrogen functional groups attached to an aromatic ring is 1. The highest BCUT2D eigenvalue weighted by molar-refractivity contribution is 5.73. The molecular weight excluding hydrogens is 238 g/mol. The summed E-state index contributed by atoms with van der Waals surface area (Å²) in [4.78, 5) is 4.40. The Hall–Kier alpha value is -1.84. The quantitative estimate of drug-likeness (QED) is 0.913. The Morgan fingerprint density at radius 3 is 2.74 bits per heavy atom. The third kappa shape index (κ3) is 1.91. The van der Waals surface area contributed by atoms with Gasteiger partial charge in [-0.1, -0.05) is 31.0 Å². The standard InChI is InChI=1S/C15H19N3O/c1-2-15(8-4-5-9-15)13-12(14(16)19-18-13)11-7-3-6-10-17-11/h3,6-7,10H,2,4-5,8-9,16H2,1H3. The van der Waals surface area contributed by atoms with E-state index in [2.05, 4.69) is 17.1 Å². The molecular formula is C15H19N3O. The van der Waals surface area contributed by atoms with Gasteiger partial charge in [0.15, 0.2) is 0 Å². The van der Waals surface area contributed by atoms with Crippen LogP contribution < -0.4 is 5.73 Å². The van der Waals surface area contributed by atoms with Gasteiger partial charge in [0.2, 0.25) is 5.88 Å². The lowest BCUT2D eigenvalue weighted by atomic mass is 9.78. The third-order valence-corrected chi connectivity index (χ3v) is 4.38. The van der Waals surface area contributed by atoms with Crippen LogP contribution in [0.4, 0.5) is 5.88 Å². The van der Waals surface area contributed by atoms with E-state index in [1.807, 2.05) is 18.2 Å². The van der Waals surface area contributed by atoms with Crippen molar-refractivity contribution in [2.75, 3.05) is 5.73 Å². The van der Waals surface area contributed by atoms with Crippen LogP contribution in [0.25, 0.3) is 11.3 Å². The SMILES string of the molecule is CCC1(c2noc(N)c2-c2ccccn2)CCCC1.